The monoisotopic (exact) mass is 848 g/mol. The Hall–Kier alpha value is -6.18. The van der Waals surface area contributed by atoms with Crippen molar-refractivity contribution >= 4 is 24.0 Å². The van der Waals surface area contributed by atoms with Gasteiger partial charge >= 0.3 is 12.2 Å². The van der Waals surface area contributed by atoms with Gasteiger partial charge in [-0.2, -0.15) is 0 Å². The number of carbonyl (C=O) groups excluding carboxylic acids is 4. The zero-order valence-electron chi connectivity index (χ0n) is 36.2. The summed E-state index contributed by atoms with van der Waals surface area (Å²) in [5, 5.41) is 5.40. The molecule has 0 unspecified atom stereocenters. The summed E-state index contributed by atoms with van der Waals surface area (Å²) in [6, 6.07) is 14.1. The molecular formula is C46H56N8O8. The molecule has 62 heavy (non-hydrogen) atoms. The first-order chi connectivity index (χ1) is 29.9. The van der Waals surface area contributed by atoms with Crippen LogP contribution in [-0.2, 0) is 35.1 Å². The average molecular weight is 849 g/mol. The largest absolute Gasteiger partial charge is 0.453 e. The van der Waals surface area contributed by atoms with Crippen LogP contribution in [0.1, 0.15) is 94.1 Å². The van der Waals surface area contributed by atoms with Crippen LogP contribution in [0, 0.1) is 23.7 Å². The molecule has 16 heteroatoms. The molecule has 0 radical (unpaired) electrons. The van der Waals surface area contributed by atoms with Crippen molar-refractivity contribution in [3.8, 4) is 34.2 Å². The van der Waals surface area contributed by atoms with Gasteiger partial charge in [-0.05, 0) is 60.3 Å². The van der Waals surface area contributed by atoms with Crippen molar-refractivity contribution in [3.63, 3.8) is 0 Å². The van der Waals surface area contributed by atoms with Gasteiger partial charge in [0.1, 0.15) is 29.4 Å². The van der Waals surface area contributed by atoms with Crippen molar-refractivity contribution in [1.29, 1.82) is 0 Å². The minimum atomic E-state index is -0.772. The summed E-state index contributed by atoms with van der Waals surface area (Å²) in [5.41, 5.74) is 6.01. The van der Waals surface area contributed by atoms with Crippen molar-refractivity contribution in [2.75, 3.05) is 40.5 Å². The van der Waals surface area contributed by atoms with Crippen LogP contribution >= 0.6 is 0 Å². The zero-order valence-corrected chi connectivity index (χ0v) is 36.2. The lowest BCUT2D eigenvalue weighted by Gasteiger charge is -2.29. The van der Waals surface area contributed by atoms with E-state index in [2.05, 4.69) is 49.6 Å². The highest BCUT2D eigenvalue weighted by Gasteiger charge is 2.43. The Morgan fingerprint density at radius 3 is 2.05 bits per heavy atom. The predicted molar refractivity (Wildman–Crippen MR) is 229 cm³/mol. The number of methoxy groups -OCH3 is 2. The number of alkyl carbamates (subject to hydrolysis) is 2. The molecule has 0 saturated carbocycles. The van der Waals surface area contributed by atoms with Gasteiger partial charge < -0.3 is 49.3 Å². The van der Waals surface area contributed by atoms with E-state index in [1.807, 2.05) is 64.1 Å². The Labute approximate surface area is 361 Å². The molecule has 2 saturated heterocycles. The Balaban J connectivity index is 1.04. The number of hydrogen-bond acceptors (Lipinski definition) is 10. The number of nitrogens with zero attached hydrogens (tertiary/aromatic N) is 4. The van der Waals surface area contributed by atoms with Gasteiger partial charge in [0.2, 0.25) is 11.8 Å². The van der Waals surface area contributed by atoms with Gasteiger partial charge in [0, 0.05) is 43.9 Å². The Morgan fingerprint density at radius 1 is 0.774 bits per heavy atom. The van der Waals surface area contributed by atoms with Gasteiger partial charge in [0.05, 0.1) is 56.6 Å². The number of carbonyl (C=O) groups is 4. The maximum Gasteiger partial charge on any atom is 0.407 e. The second-order valence-corrected chi connectivity index (χ2v) is 16.6. The van der Waals surface area contributed by atoms with Crippen LogP contribution in [0.25, 0.3) is 22.4 Å². The highest BCUT2D eigenvalue weighted by Crippen LogP contribution is 2.37. The number of nitrogens with one attached hydrogen (secondary N) is 4. The molecule has 2 fully saturated rings. The number of imidazole rings is 2. The van der Waals surface area contributed by atoms with E-state index < -0.39 is 24.3 Å². The van der Waals surface area contributed by atoms with Crippen LogP contribution in [0.4, 0.5) is 9.59 Å². The minimum absolute atomic E-state index is 0.119. The van der Waals surface area contributed by atoms with Crippen molar-refractivity contribution in [3.05, 3.63) is 83.3 Å². The average Bonchev–Trinajstić information content (AvgIpc) is 4.11. The molecule has 3 aliphatic rings. The maximum absolute atomic E-state index is 14.0. The SMILES string of the molecule is COC(=O)N[C@H](C(=O)N1C[C@@H]2C[C@H]1c1nc(-c3ccc(-c4ccc(C#Cc5cnc([C@@H]6CCCN6C(=O)[C@H](NC(=O)OC)C(C)C)[nH]5)cc4)cc3)c([nH]1)COCCCO2)C(C)C. The van der Waals surface area contributed by atoms with E-state index in [1.54, 1.807) is 16.0 Å². The van der Waals surface area contributed by atoms with Gasteiger partial charge in [-0.3, -0.25) is 9.59 Å². The third-order valence-electron chi connectivity index (χ3n) is 11.6. The molecule has 4 bridgehead atoms. The number of fused-ring (bicyclic) bond motifs is 5. The van der Waals surface area contributed by atoms with Crippen molar-refractivity contribution in [2.45, 2.75) is 90.3 Å². The molecule has 2 aromatic heterocycles. The number of likely N-dealkylation sites (tertiary alicyclic amines) is 2. The summed E-state index contributed by atoms with van der Waals surface area (Å²) in [6.45, 7) is 9.87. The molecular weight excluding hydrogens is 793 g/mol. The highest BCUT2D eigenvalue weighted by molar-refractivity contribution is 5.87. The lowest BCUT2D eigenvalue weighted by Crippen LogP contribution is -2.51. The van der Waals surface area contributed by atoms with Crippen molar-refractivity contribution in [1.82, 2.24) is 40.4 Å². The molecule has 16 nitrogen and oxygen atoms in total. The smallest absolute Gasteiger partial charge is 0.407 e. The van der Waals surface area contributed by atoms with E-state index in [0.717, 1.165) is 46.5 Å². The fourth-order valence-corrected chi connectivity index (χ4v) is 8.28. The fraction of sp³-hybridized carbons (Fsp3) is 0.478. The van der Waals surface area contributed by atoms with E-state index in [4.69, 9.17) is 23.9 Å². The van der Waals surface area contributed by atoms with Gasteiger partial charge in [0.25, 0.3) is 0 Å². The molecule has 0 aliphatic carbocycles. The number of rotatable bonds is 9. The van der Waals surface area contributed by atoms with Crippen LogP contribution in [0.2, 0.25) is 0 Å². The number of aromatic amines is 2. The Kier molecular flexibility index (Phi) is 13.9. The van der Waals surface area contributed by atoms with Crippen LogP contribution in [0.3, 0.4) is 0 Å². The molecule has 5 atom stereocenters. The van der Waals surface area contributed by atoms with Gasteiger partial charge in [-0.25, -0.2) is 19.6 Å². The lowest BCUT2D eigenvalue weighted by atomic mass is 10.0. The second-order valence-electron chi connectivity index (χ2n) is 16.6. The number of benzene rings is 2. The van der Waals surface area contributed by atoms with Crippen molar-refractivity contribution < 1.29 is 38.1 Å². The number of amides is 4. The van der Waals surface area contributed by atoms with Gasteiger partial charge in [0.15, 0.2) is 0 Å². The van der Waals surface area contributed by atoms with Crippen LogP contribution < -0.4 is 10.6 Å². The third kappa shape index (κ3) is 9.95. The molecule has 4 amide bonds. The molecule has 7 rings (SSSR count). The Bertz CT molecular complexity index is 2270. The molecule has 4 aromatic rings. The first-order valence-electron chi connectivity index (χ1n) is 21.3. The standard InChI is InChI=1S/C46H56N8O8/c1-27(2)38(51-45(57)59-5)43(55)53-20-7-9-36(53)41-47-24-33(48-41)19-12-29-10-13-30(14-11-29)31-15-17-32(18-16-31)40-35-26-61-21-8-22-62-34-23-37(42(49-35)50-40)54(25-34)44(56)39(28(3)4)52-46(58)60-6/h10-11,13-18,24,27-28,34,36-39H,7-9,20-23,25-26H2,1-6H3,(H,47,48)(H,49,50)(H,51,57)(H,52,58)/t34-,36-,37-,38+,39-/m0/s1. The number of H-pyrrole nitrogens is 2. The van der Waals surface area contributed by atoms with E-state index >= 15 is 0 Å². The second kappa shape index (κ2) is 19.7. The van der Waals surface area contributed by atoms with Crippen LogP contribution in [-0.4, -0.2) is 112 Å². The molecule has 5 heterocycles. The first kappa shape index (κ1) is 43.9. The third-order valence-corrected chi connectivity index (χ3v) is 11.6. The number of hydrogen-bond donors (Lipinski definition) is 4. The van der Waals surface area contributed by atoms with Crippen molar-refractivity contribution in [2.24, 2.45) is 11.8 Å². The van der Waals surface area contributed by atoms with Gasteiger partial charge in [-0.15, -0.1) is 0 Å². The van der Waals surface area contributed by atoms with E-state index in [9.17, 15) is 19.2 Å². The molecule has 4 N–H and O–H groups in total. The summed E-state index contributed by atoms with van der Waals surface area (Å²) >= 11 is 0. The number of ether oxygens (including phenoxy) is 4. The summed E-state index contributed by atoms with van der Waals surface area (Å²) in [4.78, 5) is 71.6. The first-order valence-corrected chi connectivity index (χ1v) is 21.3. The lowest BCUT2D eigenvalue weighted by molar-refractivity contribution is -0.136. The van der Waals surface area contributed by atoms with Gasteiger partial charge in [-0.1, -0.05) is 70.0 Å². The van der Waals surface area contributed by atoms with E-state index in [1.165, 1.54) is 14.2 Å². The minimum Gasteiger partial charge on any atom is -0.453 e. The number of aromatic nitrogens is 4. The molecule has 0 spiro atoms. The zero-order chi connectivity index (χ0) is 43.9. The highest BCUT2D eigenvalue weighted by atomic mass is 16.5. The quantitative estimate of drug-likeness (QED) is 0.148. The fourth-order valence-electron chi connectivity index (χ4n) is 8.28. The molecule has 2 aromatic carbocycles. The van der Waals surface area contributed by atoms with Crippen LogP contribution in [0.15, 0.2) is 54.7 Å². The maximum atomic E-state index is 14.0. The summed E-state index contributed by atoms with van der Waals surface area (Å²) in [6.07, 6.45) is 3.08. The Morgan fingerprint density at radius 2 is 1.40 bits per heavy atom. The molecule has 3 aliphatic heterocycles. The summed E-state index contributed by atoms with van der Waals surface area (Å²) < 4.78 is 21.8. The topological polar surface area (TPSA) is 193 Å². The summed E-state index contributed by atoms with van der Waals surface area (Å²) in [5.74, 6) is 7.04. The van der Waals surface area contributed by atoms with Crippen LogP contribution in [0.5, 0.6) is 0 Å². The normalized spacial score (nSPS) is 19.8. The van der Waals surface area contributed by atoms with E-state index in [0.29, 0.717) is 63.1 Å². The van der Waals surface area contributed by atoms with E-state index in [-0.39, 0.29) is 41.8 Å². The summed E-state index contributed by atoms with van der Waals surface area (Å²) in [7, 11) is 2.56. The molecule has 328 valence electrons. The predicted octanol–water partition coefficient (Wildman–Crippen LogP) is 5.87.